The van der Waals surface area contributed by atoms with Crippen LogP contribution in [-0.2, 0) is 4.79 Å². The van der Waals surface area contributed by atoms with Crippen LogP contribution in [0.25, 0.3) is 0 Å². The van der Waals surface area contributed by atoms with E-state index in [0.717, 1.165) is 5.56 Å². The maximum atomic E-state index is 11.8. The molecule has 1 N–H and O–H groups in total. The number of hydrogen-bond donors (Lipinski definition) is 2. The van der Waals surface area contributed by atoms with Crippen molar-refractivity contribution in [1.29, 1.82) is 0 Å². The molecule has 1 fully saturated rings. The van der Waals surface area contributed by atoms with Crippen LogP contribution < -0.4 is 4.90 Å². The second kappa shape index (κ2) is 4.37. The van der Waals surface area contributed by atoms with Gasteiger partial charge >= 0.3 is 0 Å². The Bertz CT molecular complexity index is 419. The number of amides is 1. The minimum Gasteiger partial charge on any atom is -0.506 e. The molecule has 1 heterocycles. The van der Waals surface area contributed by atoms with Gasteiger partial charge in [-0.1, -0.05) is 6.07 Å². The van der Waals surface area contributed by atoms with E-state index in [2.05, 4.69) is 12.6 Å². The summed E-state index contributed by atoms with van der Waals surface area (Å²) in [6.45, 7) is 2.60. The summed E-state index contributed by atoms with van der Waals surface area (Å²) in [6.07, 6.45) is 0.525. The molecule has 1 saturated heterocycles. The van der Waals surface area contributed by atoms with E-state index in [1.165, 1.54) is 0 Å². The number of benzene rings is 1. The maximum Gasteiger partial charge on any atom is 0.227 e. The topological polar surface area (TPSA) is 40.5 Å². The van der Waals surface area contributed by atoms with E-state index in [1.54, 1.807) is 11.0 Å². The van der Waals surface area contributed by atoms with Gasteiger partial charge in [-0.05, 0) is 36.3 Å². The quantitative estimate of drug-likeness (QED) is 0.772. The maximum absolute atomic E-state index is 11.8. The number of anilines is 1. The molecule has 1 atom stereocenters. The van der Waals surface area contributed by atoms with Crippen LogP contribution in [0, 0.1) is 12.8 Å². The number of aryl methyl sites for hydroxylation is 1. The molecule has 1 aromatic carbocycles. The smallest absolute Gasteiger partial charge is 0.227 e. The van der Waals surface area contributed by atoms with Gasteiger partial charge in [-0.25, -0.2) is 0 Å². The highest BCUT2D eigenvalue weighted by Crippen LogP contribution is 2.33. The number of rotatable bonds is 2. The average molecular weight is 237 g/mol. The Kier molecular flexibility index (Phi) is 3.10. The summed E-state index contributed by atoms with van der Waals surface area (Å²) in [5.74, 6) is 1.23. The summed E-state index contributed by atoms with van der Waals surface area (Å²) >= 11 is 4.21. The monoisotopic (exact) mass is 237 g/mol. The lowest BCUT2D eigenvalue weighted by Crippen LogP contribution is -2.24. The van der Waals surface area contributed by atoms with Crippen LogP contribution in [0.15, 0.2) is 18.2 Å². The van der Waals surface area contributed by atoms with Crippen LogP contribution in [0.4, 0.5) is 5.69 Å². The van der Waals surface area contributed by atoms with E-state index in [9.17, 15) is 9.90 Å². The highest BCUT2D eigenvalue weighted by atomic mass is 32.1. The Balaban J connectivity index is 2.30. The van der Waals surface area contributed by atoms with Crippen LogP contribution in [0.3, 0.4) is 0 Å². The molecule has 0 radical (unpaired) electrons. The molecule has 86 valence electrons. The molecule has 0 aromatic heterocycles. The molecule has 0 spiro atoms. The van der Waals surface area contributed by atoms with E-state index in [4.69, 9.17) is 0 Å². The Labute approximate surface area is 100 Å². The minimum atomic E-state index is 0.0694. The third kappa shape index (κ3) is 2.02. The summed E-state index contributed by atoms with van der Waals surface area (Å²) in [5.41, 5.74) is 1.66. The molecule has 4 heteroatoms. The van der Waals surface area contributed by atoms with E-state index in [-0.39, 0.29) is 17.6 Å². The van der Waals surface area contributed by atoms with Gasteiger partial charge in [-0.2, -0.15) is 12.6 Å². The number of hydrogen-bond acceptors (Lipinski definition) is 3. The molecule has 16 heavy (non-hydrogen) atoms. The molecule has 2 rings (SSSR count). The van der Waals surface area contributed by atoms with Crippen molar-refractivity contribution >= 4 is 24.2 Å². The lowest BCUT2D eigenvalue weighted by atomic mass is 10.1. The number of carbonyl (C=O) groups excluding carboxylic acids is 1. The molecule has 1 aliphatic heterocycles. The predicted octanol–water partition coefficient (Wildman–Crippen LogP) is 1.98. The summed E-state index contributed by atoms with van der Waals surface area (Å²) < 4.78 is 0. The highest BCUT2D eigenvalue weighted by Gasteiger charge is 2.30. The second-order valence-electron chi connectivity index (χ2n) is 4.25. The molecule has 0 bridgehead atoms. The fraction of sp³-hybridized carbons (Fsp3) is 0.417. The lowest BCUT2D eigenvalue weighted by Gasteiger charge is -2.18. The SMILES string of the molecule is Cc1ccc(O)c(N2CC(CS)CC2=O)c1. The van der Waals surface area contributed by atoms with E-state index >= 15 is 0 Å². The summed E-state index contributed by atoms with van der Waals surface area (Å²) in [4.78, 5) is 13.4. The predicted molar refractivity (Wildman–Crippen MR) is 67.2 cm³/mol. The third-order valence-electron chi connectivity index (χ3n) is 2.89. The third-order valence-corrected chi connectivity index (χ3v) is 3.40. The van der Waals surface area contributed by atoms with Gasteiger partial charge in [0.15, 0.2) is 0 Å². The fourth-order valence-corrected chi connectivity index (χ4v) is 2.23. The van der Waals surface area contributed by atoms with Crippen molar-refractivity contribution in [2.45, 2.75) is 13.3 Å². The van der Waals surface area contributed by atoms with Crippen LogP contribution in [0.2, 0.25) is 0 Å². The first-order valence-corrected chi connectivity index (χ1v) is 5.96. The first-order valence-electron chi connectivity index (χ1n) is 5.32. The zero-order valence-electron chi connectivity index (χ0n) is 9.18. The number of aromatic hydroxyl groups is 1. The molecule has 1 amide bonds. The van der Waals surface area contributed by atoms with Gasteiger partial charge in [0.2, 0.25) is 5.91 Å². The van der Waals surface area contributed by atoms with Gasteiger partial charge in [0, 0.05) is 13.0 Å². The van der Waals surface area contributed by atoms with Crippen molar-refractivity contribution in [1.82, 2.24) is 0 Å². The van der Waals surface area contributed by atoms with Crippen molar-refractivity contribution in [3.05, 3.63) is 23.8 Å². The van der Waals surface area contributed by atoms with Gasteiger partial charge < -0.3 is 10.0 Å². The van der Waals surface area contributed by atoms with Crippen LogP contribution in [-0.4, -0.2) is 23.3 Å². The molecular formula is C12H15NO2S. The number of thiol groups is 1. The Morgan fingerprint density at radius 3 is 2.94 bits per heavy atom. The standard InChI is InChI=1S/C12H15NO2S/c1-8-2-3-11(14)10(4-8)13-6-9(7-16)5-12(13)15/h2-4,9,14,16H,5-7H2,1H3. The summed E-state index contributed by atoms with van der Waals surface area (Å²) in [6, 6.07) is 5.30. The van der Waals surface area contributed by atoms with Crippen LogP contribution in [0.5, 0.6) is 5.75 Å². The summed E-state index contributed by atoms with van der Waals surface area (Å²) in [7, 11) is 0. The van der Waals surface area contributed by atoms with Crippen LogP contribution >= 0.6 is 12.6 Å². The second-order valence-corrected chi connectivity index (χ2v) is 4.61. The Morgan fingerprint density at radius 2 is 2.31 bits per heavy atom. The fourth-order valence-electron chi connectivity index (χ4n) is 1.99. The zero-order valence-corrected chi connectivity index (χ0v) is 10.1. The zero-order chi connectivity index (χ0) is 11.7. The normalized spacial score (nSPS) is 20.5. The number of carbonyl (C=O) groups is 1. The highest BCUT2D eigenvalue weighted by molar-refractivity contribution is 7.80. The van der Waals surface area contributed by atoms with Gasteiger partial charge in [-0.3, -0.25) is 4.79 Å². The number of phenolic OH excluding ortho intramolecular Hbond substituents is 1. The van der Waals surface area contributed by atoms with Gasteiger partial charge in [0.25, 0.3) is 0 Å². The number of nitrogens with zero attached hydrogens (tertiary/aromatic N) is 1. The van der Waals surface area contributed by atoms with Gasteiger partial charge in [0.1, 0.15) is 5.75 Å². The first-order chi connectivity index (χ1) is 7.61. The minimum absolute atomic E-state index is 0.0694. The van der Waals surface area contributed by atoms with Crippen molar-refractivity contribution in [3.63, 3.8) is 0 Å². The summed E-state index contributed by atoms with van der Waals surface area (Å²) in [5, 5.41) is 9.76. The first kappa shape index (κ1) is 11.3. The Hall–Kier alpha value is -1.16. The van der Waals surface area contributed by atoms with Crippen molar-refractivity contribution in [2.75, 3.05) is 17.2 Å². The van der Waals surface area contributed by atoms with E-state index in [0.29, 0.717) is 24.4 Å². The largest absolute Gasteiger partial charge is 0.506 e. The average Bonchev–Trinajstić information content (AvgIpc) is 2.63. The molecular weight excluding hydrogens is 222 g/mol. The van der Waals surface area contributed by atoms with Crippen LogP contribution in [0.1, 0.15) is 12.0 Å². The molecule has 0 saturated carbocycles. The Morgan fingerprint density at radius 1 is 1.56 bits per heavy atom. The van der Waals surface area contributed by atoms with Crippen molar-refractivity contribution in [3.8, 4) is 5.75 Å². The number of phenols is 1. The molecule has 0 aliphatic carbocycles. The van der Waals surface area contributed by atoms with Gasteiger partial charge in [-0.15, -0.1) is 0 Å². The molecule has 1 unspecified atom stereocenters. The van der Waals surface area contributed by atoms with E-state index in [1.807, 2.05) is 19.1 Å². The van der Waals surface area contributed by atoms with E-state index < -0.39 is 0 Å². The molecule has 1 aromatic rings. The lowest BCUT2D eigenvalue weighted by molar-refractivity contribution is -0.117. The van der Waals surface area contributed by atoms with Crippen molar-refractivity contribution in [2.24, 2.45) is 5.92 Å². The van der Waals surface area contributed by atoms with Gasteiger partial charge in [0.05, 0.1) is 5.69 Å². The van der Waals surface area contributed by atoms with Crippen molar-refractivity contribution < 1.29 is 9.90 Å². The molecule has 1 aliphatic rings. The molecule has 3 nitrogen and oxygen atoms in total.